The zero-order valence-electron chi connectivity index (χ0n) is 9.84. The molecule has 0 saturated heterocycles. The fourth-order valence-corrected chi connectivity index (χ4v) is 2.07. The summed E-state index contributed by atoms with van der Waals surface area (Å²) in [6.45, 7) is 6.39. The highest BCUT2D eigenvalue weighted by Crippen LogP contribution is 2.36. The van der Waals surface area contributed by atoms with Gasteiger partial charge in [0.1, 0.15) is 6.26 Å². The second-order valence-electron chi connectivity index (χ2n) is 5.65. The van der Waals surface area contributed by atoms with Crippen molar-refractivity contribution in [3.63, 3.8) is 0 Å². The fraction of sp³-hybridized carbons (Fsp3) is 0.750. The first-order valence-corrected chi connectivity index (χ1v) is 5.67. The van der Waals surface area contributed by atoms with Crippen LogP contribution in [0.15, 0.2) is 10.7 Å². The van der Waals surface area contributed by atoms with Gasteiger partial charge >= 0.3 is 0 Å². The van der Waals surface area contributed by atoms with Crippen molar-refractivity contribution in [3.8, 4) is 0 Å². The maximum atomic E-state index is 6.28. The molecule has 0 spiro atoms. The number of rotatable bonds is 1. The molecule has 84 valence electrons. The third kappa shape index (κ3) is 1.93. The summed E-state index contributed by atoms with van der Waals surface area (Å²) < 4.78 is 5.54. The van der Waals surface area contributed by atoms with Gasteiger partial charge in [0, 0.05) is 5.41 Å². The highest BCUT2D eigenvalue weighted by atomic mass is 16.3. The van der Waals surface area contributed by atoms with E-state index in [4.69, 9.17) is 10.2 Å². The third-order valence-corrected chi connectivity index (χ3v) is 3.19. The summed E-state index contributed by atoms with van der Waals surface area (Å²) in [6.07, 6.45) is 6.11. The van der Waals surface area contributed by atoms with Gasteiger partial charge in [0.05, 0.1) is 11.2 Å². The lowest BCUT2D eigenvalue weighted by Gasteiger charge is -2.19. The van der Waals surface area contributed by atoms with Crippen molar-refractivity contribution in [2.75, 3.05) is 0 Å². The van der Waals surface area contributed by atoms with Crippen LogP contribution in [0, 0.1) is 0 Å². The van der Waals surface area contributed by atoms with Crippen LogP contribution in [-0.2, 0) is 11.0 Å². The molecule has 3 heteroatoms. The van der Waals surface area contributed by atoms with E-state index in [-0.39, 0.29) is 11.0 Å². The highest BCUT2D eigenvalue weighted by molar-refractivity contribution is 5.13. The molecule has 15 heavy (non-hydrogen) atoms. The second kappa shape index (κ2) is 3.34. The monoisotopic (exact) mass is 208 g/mol. The van der Waals surface area contributed by atoms with E-state index in [1.807, 2.05) is 0 Å². The lowest BCUT2D eigenvalue weighted by Crippen LogP contribution is -2.33. The van der Waals surface area contributed by atoms with Gasteiger partial charge in [-0.1, -0.05) is 33.6 Å². The Balaban J connectivity index is 2.27. The molecular weight excluding hydrogens is 188 g/mol. The molecule has 0 aliphatic heterocycles. The summed E-state index contributed by atoms with van der Waals surface area (Å²) in [5.41, 5.74) is 7.01. The first-order valence-electron chi connectivity index (χ1n) is 5.67. The van der Waals surface area contributed by atoms with Crippen molar-refractivity contribution in [1.82, 2.24) is 4.98 Å². The van der Waals surface area contributed by atoms with Crippen LogP contribution in [0.2, 0.25) is 0 Å². The fourth-order valence-electron chi connectivity index (χ4n) is 2.07. The van der Waals surface area contributed by atoms with E-state index in [2.05, 4.69) is 25.8 Å². The quantitative estimate of drug-likeness (QED) is 0.772. The Morgan fingerprint density at radius 2 is 1.93 bits per heavy atom. The van der Waals surface area contributed by atoms with E-state index >= 15 is 0 Å². The minimum atomic E-state index is -0.302. The predicted molar refractivity (Wildman–Crippen MR) is 59.5 cm³/mol. The summed E-state index contributed by atoms with van der Waals surface area (Å²) in [4.78, 5) is 4.54. The van der Waals surface area contributed by atoms with E-state index in [9.17, 15) is 0 Å². The Bertz CT molecular complexity index is 343. The van der Waals surface area contributed by atoms with Crippen LogP contribution in [0.4, 0.5) is 0 Å². The van der Waals surface area contributed by atoms with Crippen molar-refractivity contribution >= 4 is 0 Å². The zero-order valence-corrected chi connectivity index (χ0v) is 9.84. The molecule has 2 rings (SSSR count). The molecule has 0 atom stereocenters. The summed E-state index contributed by atoms with van der Waals surface area (Å²) >= 11 is 0. The number of oxazole rings is 1. The smallest absolute Gasteiger partial charge is 0.214 e. The summed E-state index contributed by atoms with van der Waals surface area (Å²) in [5.74, 6) is 0.727. The molecule has 1 heterocycles. The van der Waals surface area contributed by atoms with Crippen molar-refractivity contribution in [2.45, 2.75) is 57.4 Å². The lowest BCUT2D eigenvalue weighted by atomic mass is 9.93. The average molecular weight is 208 g/mol. The van der Waals surface area contributed by atoms with Gasteiger partial charge in [0.25, 0.3) is 0 Å². The number of hydrogen-bond acceptors (Lipinski definition) is 3. The SMILES string of the molecule is CC(C)(C)c1coc(C2(N)CCCC2)n1. The summed E-state index contributed by atoms with van der Waals surface area (Å²) in [5, 5.41) is 0. The molecule has 1 aliphatic rings. The second-order valence-corrected chi connectivity index (χ2v) is 5.65. The maximum absolute atomic E-state index is 6.28. The normalized spacial score (nSPS) is 20.8. The Hall–Kier alpha value is -0.830. The molecule has 1 aromatic heterocycles. The van der Waals surface area contributed by atoms with Crippen molar-refractivity contribution in [2.24, 2.45) is 5.73 Å². The Morgan fingerprint density at radius 1 is 1.33 bits per heavy atom. The van der Waals surface area contributed by atoms with E-state index in [1.54, 1.807) is 6.26 Å². The summed E-state index contributed by atoms with van der Waals surface area (Å²) in [7, 11) is 0. The molecule has 1 fully saturated rings. The Kier molecular flexibility index (Phi) is 2.38. The van der Waals surface area contributed by atoms with Gasteiger partial charge in [-0.05, 0) is 12.8 Å². The summed E-state index contributed by atoms with van der Waals surface area (Å²) in [6, 6.07) is 0. The van der Waals surface area contributed by atoms with Gasteiger partial charge in [-0.2, -0.15) is 0 Å². The van der Waals surface area contributed by atoms with E-state index in [0.29, 0.717) is 0 Å². The number of aromatic nitrogens is 1. The van der Waals surface area contributed by atoms with Crippen molar-refractivity contribution in [1.29, 1.82) is 0 Å². The molecule has 0 unspecified atom stereocenters. The molecule has 1 saturated carbocycles. The molecule has 1 aromatic rings. The number of hydrogen-bond donors (Lipinski definition) is 1. The van der Waals surface area contributed by atoms with Crippen molar-refractivity contribution in [3.05, 3.63) is 17.8 Å². The largest absolute Gasteiger partial charge is 0.447 e. The molecule has 1 aliphatic carbocycles. The van der Waals surface area contributed by atoms with Gasteiger partial charge < -0.3 is 10.2 Å². The number of nitrogens with two attached hydrogens (primary N) is 1. The van der Waals surface area contributed by atoms with Crippen LogP contribution < -0.4 is 5.73 Å². The van der Waals surface area contributed by atoms with E-state index in [1.165, 1.54) is 12.8 Å². The van der Waals surface area contributed by atoms with Crippen LogP contribution in [0.1, 0.15) is 58.0 Å². The highest BCUT2D eigenvalue weighted by Gasteiger charge is 2.36. The minimum Gasteiger partial charge on any atom is -0.447 e. The third-order valence-electron chi connectivity index (χ3n) is 3.19. The minimum absolute atomic E-state index is 0.0384. The van der Waals surface area contributed by atoms with Crippen LogP contribution in [0.3, 0.4) is 0 Å². The van der Waals surface area contributed by atoms with Crippen LogP contribution >= 0.6 is 0 Å². The Labute approximate surface area is 91.1 Å². The standard InChI is InChI=1S/C12H20N2O/c1-11(2,3)9-8-15-10(14-9)12(13)6-4-5-7-12/h8H,4-7,13H2,1-3H3. The Morgan fingerprint density at radius 3 is 2.40 bits per heavy atom. The first kappa shape index (κ1) is 10.7. The van der Waals surface area contributed by atoms with E-state index in [0.717, 1.165) is 24.4 Å². The topological polar surface area (TPSA) is 52.0 Å². The first-order chi connectivity index (χ1) is 6.92. The average Bonchev–Trinajstić information content (AvgIpc) is 2.69. The van der Waals surface area contributed by atoms with Crippen LogP contribution in [-0.4, -0.2) is 4.98 Å². The van der Waals surface area contributed by atoms with Gasteiger partial charge in [-0.3, -0.25) is 0 Å². The lowest BCUT2D eigenvalue weighted by molar-refractivity contribution is 0.335. The molecule has 3 nitrogen and oxygen atoms in total. The van der Waals surface area contributed by atoms with Gasteiger partial charge in [-0.15, -0.1) is 0 Å². The molecule has 2 N–H and O–H groups in total. The van der Waals surface area contributed by atoms with Crippen LogP contribution in [0.25, 0.3) is 0 Å². The zero-order chi connectivity index (χ0) is 11.1. The van der Waals surface area contributed by atoms with Crippen LogP contribution in [0.5, 0.6) is 0 Å². The van der Waals surface area contributed by atoms with Gasteiger partial charge in [-0.25, -0.2) is 4.98 Å². The number of nitrogens with zero attached hydrogens (tertiary/aromatic N) is 1. The van der Waals surface area contributed by atoms with Crippen molar-refractivity contribution < 1.29 is 4.42 Å². The molecule has 0 radical (unpaired) electrons. The molecule has 0 amide bonds. The predicted octanol–water partition coefficient (Wildman–Crippen LogP) is 2.70. The molecular formula is C12H20N2O. The van der Waals surface area contributed by atoms with Gasteiger partial charge in [0.15, 0.2) is 0 Å². The van der Waals surface area contributed by atoms with Gasteiger partial charge in [0.2, 0.25) is 5.89 Å². The maximum Gasteiger partial charge on any atom is 0.214 e. The molecule has 0 bridgehead atoms. The molecule has 0 aromatic carbocycles. The van der Waals surface area contributed by atoms with E-state index < -0.39 is 0 Å².